The summed E-state index contributed by atoms with van der Waals surface area (Å²) in [6.07, 6.45) is 0. The van der Waals surface area contributed by atoms with Crippen LogP contribution in [0.4, 0.5) is 5.69 Å². The van der Waals surface area contributed by atoms with Gasteiger partial charge in [-0.1, -0.05) is 0 Å². The van der Waals surface area contributed by atoms with Crippen LogP contribution in [0, 0.1) is 0 Å². The number of hydrogen-bond acceptors (Lipinski definition) is 4. The second-order valence-electron chi connectivity index (χ2n) is 5.13. The predicted molar refractivity (Wildman–Crippen MR) is 95.7 cm³/mol. The summed E-state index contributed by atoms with van der Waals surface area (Å²) in [7, 11) is 5.15. The van der Waals surface area contributed by atoms with Crippen LogP contribution in [0.15, 0.2) is 34.1 Å². The number of rotatable bonds is 7. The second kappa shape index (κ2) is 8.33. The zero-order valence-electron chi connectivity index (χ0n) is 13.3. The number of nitrogens with one attached hydrogen (secondary N) is 2. The lowest BCUT2D eigenvalue weighted by Gasteiger charge is -2.14. The molecule has 7 heteroatoms. The highest BCUT2D eigenvalue weighted by Crippen LogP contribution is 2.29. The van der Waals surface area contributed by atoms with E-state index in [-0.39, 0.29) is 5.91 Å². The number of methoxy groups -OCH3 is 2. The molecule has 0 aliphatic carbocycles. The van der Waals surface area contributed by atoms with E-state index in [1.807, 2.05) is 13.1 Å². The molecule has 1 heterocycles. The van der Waals surface area contributed by atoms with Crippen molar-refractivity contribution in [2.45, 2.75) is 6.54 Å². The molecule has 2 N–H and O–H groups in total. The van der Waals surface area contributed by atoms with E-state index in [0.29, 0.717) is 23.7 Å². The molecule has 1 unspecified atom stereocenters. The SMILES string of the molecule is COc1ccc(NC(=O)C[NH+](C)Cc2ccc(Br)s2)cc1OC. The quantitative estimate of drug-likeness (QED) is 0.749. The first-order valence-corrected chi connectivity index (χ1v) is 8.70. The molecule has 0 saturated heterocycles. The maximum absolute atomic E-state index is 12.2. The number of thiophene rings is 1. The van der Waals surface area contributed by atoms with Crippen molar-refractivity contribution in [3.8, 4) is 11.5 Å². The fourth-order valence-electron chi connectivity index (χ4n) is 2.20. The lowest BCUT2D eigenvalue weighted by Crippen LogP contribution is -3.08. The van der Waals surface area contributed by atoms with Crippen LogP contribution in [0.5, 0.6) is 11.5 Å². The van der Waals surface area contributed by atoms with Gasteiger partial charge in [-0.25, -0.2) is 0 Å². The lowest BCUT2D eigenvalue weighted by molar-refractivity contribution is -0.884. The summed E-state index contributed by atoms with van der Waals surface area (Å²) in [5.41, 5.74) is 0.694. The van der Waals surface area contributed by atoms with Crippen LogP contribution in [0.25, 0.3) is 0 Å². The van der Waals surface area contributed by atoms with Gasteiger partial charge in [-0.2, -0.15) is 0 Å². The summed E-state index contributed by atoms with van der Waals surface area (Å²) in [4.78, 5) is 14.5. The van der Waals surface area contributed by atoms with Crippen molar-refractivity contribution >= 4 is 38.9 Å². The smallest absolute Gasteiger partial charge is 0.279 e. The molecule has 0 aliphatic heterocycles. The summed E-state index contributed by atoms with van der Waals surface area (Å²) < 4.78 is 11.5. The second-order valence-corrected chi connectivity index (χ2v) is 7.68. The Morgan fingerprint density at radius 2 is 1.96 bits per heavy atom. The summed E-state index contributed by atoms with van der Waals surface area (Å²) in [6.45, 7) is 1.21. The topological polar surface area (TPSA) is 52.0 Å². The number of benzene rings is 1. The number of ether oxygens (including phenoxy) is 2. The van der Waals surface area contributed by atoms with Crippen molar-refractivity contribution in [1.29, 1.82) is 0 Å². The molecule has 1 aromatic heterocycles. The number of halogens is 1. The van der Waals surface area contributed by atoms with Crippen molar-refractivity contribution in [2.75, 3.05) is 33.1 Å². The first kappa shape index (κ1) is 17.8. The van der Waals surface area contributed by atoms with Gasteiger partial charge in [0.1, 0.15) is 6.54 Å². The van der Waals surface area contributed by atoms with Gasteiger partial charge in [0.05, 0.1) is 29.9 Å². The third-order valence-electron chi connectivity index (χ3n) is 3.23. The van der Waals surface area contributed by atoms with E-state index in [1.165, 1.54) is 4.88 Å². The molecule has 0 radical (unpaired) electrons. The van der Waals surface area contributed by atoms with Crippen LogP contribution >= 0.6 is 27.3 Å². The van der Waals surface area contributed by atoms with Crippen molar-refractivity contribution in [1.82, 2.24) is 0 Å². The molecule has 1 amide bonds. The molecule has 5 nitrogen and oxygen atoms in total. The largest absolute Gasteiger partial charge is 0.493 e. The Hall–Kier alpha value is -1.57. The van der Waals surface area contributed by atoms with Gasteiger partial charge in [-0.3, -0.25) is 4.79 Å². The Morgan fingerprint density at radius 3 is 2.57 bits per heavy atom. The van der Waals surface area contributed by atoms with Crippen LogP contribution in [0.2, 0.25) is 0 Å². The number of hydrogen-bond donors (Lipinski definition) is 2. The molecule has 1 aromatic carbocycles. The van der Waals surface area contributed by atoms with Crippen LogP contribution in [-0.4, -0.2) is 33.7 Å². The van der Waals surface area contributed by atoms with Gasteiger partial charge in [-0.15, -0.1) is 11.3 Å². The first-order chi connectivity index (χ1) is 11.0. The number of likely N-dealkylation sites (N-methyl/N-ethyl adjacent to an activating group) is 1. The summed E-state index contributed by atoms with van der Waals surface area (Å²) in [6, 6.07) is 9.42. The van der Waals surface area contributed by atoms with Crippen molar-refractivity contribution in [2.24, 2.45) is 0 Å². The third-order valence-corrected chi connectivity index (χ3v) is 4.86. The normalized spacial score (nSPS) is 11.8. The molecule has 23 heavy (non-hydrogen) atoms. The van der Waals surface area contributed by atoms with E-state index in [0.717, 1.165) is 15.2 Å². The monoisotopic (exact) mass is 399 g/mol. The van der Waals surface area contributed by atoms with E-state index in [4.69, 9.17) is 9.47 Å². The number of quaternary nitrogens is 1. The predicted octanol–water partition coefficient (Wildman–Crippen LogP) is 2.18. The molecular formula is C16H20BrN2O3S+. The summed E-state index contributed by atoms with van der Waals surface area (Å²) >= 11 is 5.14. The Labute approximate surface area is 148 Å². The van der Waals surface area contributed by atoms with Crippen molar-refractivity contribution < 1.29 is 19.2 Å². The molecule has 1 atom stereocenters. The summed E-state index contributed by atoms with van der Waals surface area (Å²) in [5.74, 6) is 1.19. The van der Waals surface area contributed by atoms with E-state index in [1.54, 1.807) is 43.8 Å². The number of amides is 1. The first-order valence-electron chi connectivity index (χ1n) is 7.09. The average molecular weight is 400 g/mol. The zero-order chi connectivity index (χ0) is 16.8. The van der Waals surface area contributed by atoms with Gasteiger partial charge in [0, 0.05) is 11.8 Å². The summed E-state index contributed by atoms with van der Waals surface area (Å²) in [5, 5.41) is 2.89. The van der Waals surface area contributed by atoms with Crippen molar-refractivity contribution in [3.63, 3.8) is 0 Å². The third kappa shape index (κ3) is 5.23. The fraction of sp³-hybridized carbons (Fsp3) is 0.312. The molecule has 0 saturated carbocycles. The van der Waals surface area contributed by atoms with Gasteiger partial charge in [-0.05, 0) is 40.2 Å². The van der Waals surface area contributed by atoms with Gasteiger partial charge < -0.3 is 19.7 Å². The maximum Gasteiger partial charge on any atom is 0.279 e. The average Bonchev–Trinajstić information content (AvgIpc) is 2.91. The Bertz CT molecular complexity index is 675. The Morgan fingerprint density at radius 1 is 1.22 bits per heavy atom. The molecular weight excluding hydrogens is 380 g/mol. The fourth-order valence-corrected chi connectivity index (χ4v) is 3.80. The van der Waals surface area contributed by atoms with Crippen LogP contribution in [0.1, 0.15) is 4.88 Å². The Kier molecular flexibility index (Phi) is 6.44. The highest BCUT2D eigenvalue weighted by atomic mass is 79.9. The number of carbonyl (C=O) groups is 1. The standard InChI is InChI=1S/C16H19BrN2O3S/c1-19(9-12-5-7-15(17)23-12)10-16(20)18-11-4-6-13(21-2)14(8-11)22-3/h4-8H,9-10H2,1-3H3,(H,18,20)/p+1. The van der Waals surface area contributed by atoms with Gasteiger partial charge >= 0.3 is 0 Å². The van der Waals surface area contributed by atoms with Gasteiger partial charge in [0.25, 0.3) is 5.91 Å². The minimum atomic E-state index is -0.0367. The zero-order valence-corrected chi connectivity index (χ0v) is 15.7. The number of carbonyl (C=O) groups excluding carboxylic acids is 1. The molecule has 2 aromatic rings. The molecule has 124 valence electrons. The molecule has 0 bridgehead atoms. The lowest BCUT2D eigenvalue weighted by atomic mass is 10.2. The van der Waals surface area contributed by atoms with E-state index >= 15 is 0 Å². The highest BCUT2D eigenvalue weighted by Gasteiger charge is 2.13. The minimum Gasteiger partial charge on any atom is -0.493 e. The number of anilines is 1. The van der Waals surface area contributed by atoms with Gasteiger partial charge in [0.2, 0.25) is 0 Å². The van der Waals surface area contributed by atoms with E-state index in [9.17, 15) is 4.79 Å². The maximum atomic E-state index is 12.2. The van der Waals surface area contributed by atoms with Gasteiger partial charge in [0.15, 0.2) is 18.0 Å². The molecule has 0 aliphatic rings. The Balaban J connectivity index is 1.91. The highest BCUT2D eigenvalue weighted by molar-refractivity contribution is 9.11. The van der Waals surface area contributed by atoms with E-state index in [2.05, 4.69) is 27.3 Å². The van der Waals surface area contributed by atoms with E-state index < -0.39 is 0 Å². The van der Waals surface area contributed by atoms with Crippen molar-refractivity contribution in [3.05, 3.63) is 39.0 Å². The van der Waals surface area contributed by atoms with Crippen LogP contribution in [0.3, 0.4) is 0 Å². The molecule has 0 spiro atoms. The molecule has 2 rings (SSSR count). The minimum absolute atomic E-state index is 0.0367. The van der Waals surface area contributed by atoms with Crippen LogP contribution in [-0.2, 0) is 11.3 Å². The van der Waals surface area contributed by atoms with Crippen LogP contribution < -0.4 is 19.7 Å². The molecule has 0 fully saturated rings.